The summed E-state index contributed by atoms with van der Waals surface area (Å²) in [4.78, 5) is 11.9. The molecule has 0 fully saturated rings. The van der Waals surface area contributed by atoms with Crippen molar-refractivity contribution in [3.63, 3.8) is 0 Å². The first kappa shape index (κ1) is 12.6. The summed E-state index contributed by atoms with van der Waals surface area (Å²) in [5, 5.41) is 0. The van der Waals surface area contributed by atoms with Gasteiger partial charge in [0.25, 0.3) is 0 Å². The van der Waals surface area contributed by atoms with Crippen molar-refractivity contribution in [1.29, 1.82) is 0 Å². The van der Waals surface area contributed by atoms with Gasteiger partial charge in [0.15, 0.2) is 0 Å². The van der Waals surface area contributed by atoms with Gasteiger partial charge in [0.1, 0.15) is 23.6 Å². The number of carbonyl (C=O) groups is 1. The van der Waals surface area contributed by atoms with Crippen LogP contribution in [0.4, 0.5) is 14.5 Å². The summed E-state index contributed by atoms with van der Waals surface area (Å²) in [5.74, 6) is -1.39. The maximum Gasteiger partial charge on any atom is 0.150 e. The molecule has 0 atom stereocenters. The summed E-state index contributed by atoms with van der Waals surface area (Å²) in [6.07, 6.45) is 2.26. The van der Waals surface area contributed by atoms with Gasteiger partial charge >= 0.3 is 0 Å². The van der Waals surface area contributed by atoms with E-state index in [1.165, 1.54) is 4.90 Å². The van der Waals surface area contributed by atoms with Crippen LogP contribution in [0.3, 0.4) is 0 Å². The molecule has 4 heteroatoms. The van der Waals surface area contributed by atoms with Crippen LogP contribution in [0.15, 0.2) is 12.1 Å². The Morgan fingerprint density at radius 1 is 1.31 bits per heavy atom. The number of aldehydes is 1. The first-order valence-electron chi connectivity index (χ1n) is 5.25. The molecule has 0 amide bonds. The van der Waals surface area contributed by atoms with E-state index in [1.807, 2.05) is 6.92 Å². The Kier molecular flexibility index (Phi) is 4.40. The largest absolute Gasteiger partial charge is 0.370 e. The number of hydrogen-bond donors (Lipinski definition) is 0. The normalized spacial score (nSPS) is 10.2. The average molecular weight is 227 g/mol. The maximum atomic E-state index is 13.5. The van der Waals surface area contributed by atoms with E-state index < -0.39 is 11.6 Å². The van der Waals surface area contributed by atoms with Gasteiger partial charge in [-0.15, -0.1) is 0 Å². The Balaban J connectivity index is 2.99. The van der Waals surface area contributed by atoms with Gasteiger partial charge in [-0.2, -0.15) is 0 Å². The first-order valence-corrected chi connectivity index (χ1v) is 5.25. The van der Waals surface area contributed by atoms with Crippen molar-refractivity contribution in [2.75, 3.05) is 18.5 Å². The van der Waals surface area contributed by atoms with Crippen molar-refractivity contribution in [1.82, 2.24) is 0 Å². The second kappa shape index (κ2) is 5.58. The van der Waals surface area contributed by atoms with Crippen LogP contribution < -0.4 is 4.90 Å². The lowest BCUT2D eigenvalue weighted by Crippen LogP contribution is -2.21. The highest BCUT2D eigenvalue weighted by atomic mass is 19.1. The van der Waals surface area contributed by atoms with Crippen molar-refractivity contribution < 1.29 is 13.6 Å². The number of rotatable bonds is 5. The number of unbranched alkanes of at least 4 members (excludes halogenated alkanes) is 1. The molecule has 0 unspecified atom stereocenters. The van der Waals surface area contributed by atoms with Crippen LogP contribution >= 0.6 is 0 Å². The van der Waals surface area contributed by atoms with Crippen LogP contribution in [0.1, 0.15) is 30.1 Å². The first-order chi connectivity index (χ1) is 7.60. The molecule has 0 radical (unpaired) electrons. The zero-order chi connectivity index (χ0) is 12.1. The molecule has 0 aromatic heterocycles. The summed E-state index contributed by atoms with van der Waals surface area (Å²) in [5.41, 5.74) is -0.0540. The molecule has 0 spiro atoms. The fourth-order valence-corrected chi connectivity index (χ4v) is 1.52. The second-order valence-corrected chi connectivity index (χ2v) is 3.73. The third-order valence-electron chi connectivity index (χ3n) is 2.40. The van der Waals surface area contributed by atoms with E-state index in [-0.39, 0.29) is 11.3 Å². The zero-order valence-corrected chi connectivity index (χ0v) is 9.46. The lowest BCUT2D eigenvalue weighted by atomic mass is 10.2. The third-order valence-corrected chi connectivity index (χ3v) is 2.40. The molecule has 88 valence electrons. The Bertz CT molecular complexity index is 356. The van der Waals surface area contributed by atoms with Crippen LogP contribution in [0.5, 0.6) is 0 Å². The second-order valence-electron chi connectivity index (χ2n) is 3.73. The van der Waals surface area contributed by atoms with Crippen molar-refractivity contribution in [2.24, 2.45) is 0 Å². The highest BCUT2D eigenvalue weighted by molar-refractivity contribution is 5.76. The van der Waals surface area contributed by atoms with Crippen molar-refractivity contribution in [3.8, 4) is 0 Å². The molecule has 1 aromatic rings. The lowest BCUT2D eigenvalue weighted by Gasteiger charge is -2.20. The third kappa shape index (κ3) is 2.78. The average Bonchev–Trinajstić information content (AvgIpc) is 2.25. The molecule has 0 aliphatic heterocycles. The fourth-order valence-electron chi connectivity index (χ4n) is 1.52. The molecule has 1 aromatic carbocycles. The molecule has 16 heavy (non-hydrogen) atoms. The Morgan fingerprint density at radius 3 is 2.31 bits per heavy atom. The SMILES string of the molecule is CCCCN(C)c1c(F)cc(C=O)cc1F. The van der Waals surface area contributed by atoms with Crippen LogP contribution in [0.25, 0.3) is 0 Å². The van der Waals surface area contributed by atoms with E-state index in [0.29, 0.717) is 12.8 Å². The number of nitrogens with zero attached hydrogens (tertiary/aromatic N) is 1. The van der Waals surface area contributed by atoms with Gasteiger partial charge in [0.2, 0.25) is 0 Å². The van der Waals surface area contributed by atoms with Crippen LogP contribution in [-0.2, 0) is 0 Å². The summed E-state index contributed by atoms with van der Waals surface area (Å²) < 4.78 is 27.1. The molecule has 0 saturated carbocycles. The number of hydrogen-bond acceptors (Lipinski definition) is 2. The highest BCUT2D eigenvalue weighted by Crippen LogP contribution is 2.23. The van der Waals surface area contributed by atoms with Gasteiger partial charge < -0.3 is 4.90 Å². The molecule has 0 saturated heterocycles. The number of benzene rings is 1. The number of anilines is 1. The van der Waals surface area contributed by atoms with Gasteiger partial charge in [-0.25, -0.2) is 8.78 Å². The Hall–Kier alpha value is -1.45. The van der Waals surface area contributed by atoms with E-state index in [1.54, 1.807) is 7.05 Å². The predicted octanol–water partition coefficient (Wildman–Crippen LogP) is 3.01. The smallest absolute Gasteiger partial charge is 0.150 e. The van der Waals surface area contributed by atoms with Crippen molar-refractivity contribution in [2.45, 2.75) is 19.8 Å². The highest BCUT2D eigenvalue weighted by Gasteiger charge is 2.14. The minimum Gasteiger partial charge on any atom is -0.370 e. The minimum absolute atomic E-state index is 0.0163. The van der Waals surface area contributed by atoms with Gasteiger partial charge in [-0.3, -0.25) is 4.79 Å². The minimum atomic E-state index is -0.694. The van der Waals surface area contributed by atoms with Gasteiger partial charge in [0, 0.05) is 19.2 Å². The standard InChI is InChI=1S/C12H15F2NO/c1-3-4-5-15(2)12-10(13)6-9(8-16)7-11(12)14/h6-8H,3-5H2,1-2H3. The van der Waals surface area contributed by atoms with Crippen molar-refractivity contribution >= 4 is 12.0 Å². The lowest BCUT2D eigenvalue weighted by molar-refractivity contribution is 0.112. The summed E-state index contributed by atoms with van der Waals surface area (Å²) in [7, 11) is 1.64. The fraction of sp³-hybridized carbons (Fsp3) is 0.417. The van der Waals surface area contributed by atoms with E-state index in [9.17, 15) is 13.6 Å². The molecule has 0 aliphatic rings. The van der Waals surface area contributed by atoms with Crippen LogP contribution in [0, 0.1) is 11.6 Å². The van der Waals surface area contributed by atoms with Crippen LogP contribution in [0.2, 0.25) is 0 Å². The molecule has 0 bridgehead atoms. The van der Waals surface area contributed by atoms with E-state index in [4.69, 9.17) is 0 Å². The van der Waals surface area contributed by atoms with Gasteiger partial charge in [0.05, 0.1) is 0 Å². The van der Waals surface area contributed by atoms with E-state index in [2.05, 4.69) is 0 Å². The van der Waals surface area contributed by atoms with Gasteiger partial charge in [-0.1, -0.05) is 13.3 Å². The Morgan fingerprint density at radius 2 is 1.88 bits per heavy atom. The number of halogens is 2. The summed E-state index contributed by atoms with van der Waals surface area (Å²) >= 11 is 0. The predicted molar refractivity (Wildman–Crippen MR) is 59.9 cm³/mol. The molecule has 2 nitrogen and oxygen atoms in total. The monoisotopic (exact) mass is 227 g/mol. The van der Waals surface area contributed by atoms with E-state index in [0.717, 1.165) is 25.0 Å². The number of carbonyl (C=O) groups excluding carboxylic acids is 1. The zero-order valence-electron chi connectivity index (χ0n) is 9.46. The summed E-state index contributed by atoms with van der Waals surface area (Å²) in [6, 6.07) is 2.10. The molecular weight excluding hydrogens is 212 g/mol. The Labute approximate surface area is 93.9 Å². The van der Waals surface area contributed by atoms with E-state index >= 15 is 0 Å². The van der Waals surface area contributed by atoms with Gasteiger partial charge in [-0.05, 0) is 18.6 Å². The van der Waals surface area contributed by atoms with Crippen molar-refractivity contribution in [3.05, 3.63) is 29.3 Å². The molecule has 0 N–H and O–H groups in total. The maximum absolute atomic E-state index is 13.5. The molecule has 0 aliphatic carbocycles. The quantitative estimate of drug-likeness (QED) is 0.721. The molecule has 1 rings (SSSR count). The summed E-state index contributed by atoms with van der Waals surface area (Å²) in [6.45, 7) is 2.60. The molecule has 0 heterocycles. The van der Waals surface area contributed by atoms with Crippen LogP contribution in [-0.4, -0.2) is 19.9 Å². The molecular formula is C12H15F2NO. The topological polar surface area (TPSA) is 20.3 Å².